The SMILES string of the molecule is Cc1nn(C)c(C)c1-c1cc(C(=O)NC2CCCc3cc(N)ccc32)[nH]n1. The van der Waals surface area contributed by atoms with Crippen LogP contribution in [0.4, 0.5) is 5.69 Å². The molecule has 3 aromatic rings. The number of aromatic nitrogens is 4. The van der Waals surface area contributed by atoms with Crippen LogP contribution in [-0.2, 0) is 13.5 Å². The number of anilines is 1. The normalized spacial score (nSPS) is 16.2. The Morgan fingerprint density at radius 3 is 2.89 bits per heavy atom. The molecule has 1 aromatic carbocycles. The Hall–Kier alpha value is -3.09. The van der Waals surface area contributed by atoms with Crippen molar-refractivity contribution in [3.63, 3.8) is 0 Å². The van der Waals surface area contributed by atoms with Crippen molar-refractivity contribution in [3.8, 4) is 11.3 Å². The van der Waals surface area contributed by atoms with Crippen LogP contribution in [0.3, 0.4) is 0 Å². The summed E-state index contributed by atoms with van der Waals surface area (Å²) in [6.45, 7) is 3.94. The van der Waals surface area contributed by atoms with Crippen LogP contribution in [0.15, 0.2) is 24.3 Å². The first-order valence-corrected chi connectivity index (χ1v) is 9.19. The number of rotatable bonds is 3. The molecule has 0 saturated heterocycles. The zero-order valence-electron chi connectivity index (χ0n) is 15.8. The fraction of sp³-hybridized carbons (Fsp3) is 0.350. The van der Waals surface area contributed by atoms with Crippen LogP contribution in [0.25, 0.3) is 11.3 Å². The molecule has 27 heavy (non-hydrogen) atoms. The number of nitrogen functional groups attached to an aromatic ring is 1. The Labute approximate surface area is 158 Å². The van der Waals surface area contributed by atoms with Crippen molar-refractivity contribution in [1.29, 1.82) is 0 Å². The fourth-order valence-corrected chi connectivity index (χ4v) is 3.93. The van der Waals surface area contributed by atoms with Crippen LogP contribution in [0.1, 0.15) is 51.9 Å². The molecular weight excluding hydrogens is 340 g/mol. The summed E-state index contributed by atoms with van der Waals surface area (Å²) < 4.78 is 1.82. The number of H-pyrrole nitrogens is 1. The van der Waals surface area contributed by atoms with Gasteiger partial charge in [0.25, 0.3) is 5.91 Å². The van der Waals surface area contributed by atoms with Crippen LogP contribution in [0.2, 0.25) is 0 Å². The number of benzene rings is 1. The van der Waals surface area contributed by atoms with Gasteiger partial charge in [-0.2, -0.15) is 10.2 Å². The number of aromatic amines is 1. The predicted molar refractivity (Wildman–Crippen MR) is 104 cm³/mol. The Bertz CT molecular complexity index is 1020. The van der Waals surface area contributed by atoms with Gasteiger partial charge in [-0.25, -0.2) is 0 Å². The van der Waals surface area contributed by atoms with Gasteiger partial charge in [-0.3, -0.25) is 14.6 Å². The van der Waals surface area contributed by atoms with Crippen molar-refractivity contribution >= 4 is 11.6 Å². The Kier molecular flexibility index (Phi) is 4.22. The maximum Gasteiger partial charge on any atom is 0.269 e. The maximum atomic E-state index is 12.8. The van der Waals surface area contributed by atoms with Gasteiger partial charge >= 0.3 is 0 Å². The molecule has 2 heterocycles. The Morgan fingerprint density at radius 2 is 2.15 bits per heavy atom. The van der Waals surface area contributed by atoms with E-state index in [-0.39, 0.29) is 11.9 Å². The average Bonchev–Trinajstić information content (AvgIpc) is 3.20. The van der Waals surface area contributed by atoms with E-state index in [0.717, 1.165) is 53.2 Å². The second-order valence-corrected chi connectivity index (χ2v) is 7.21. The molecule has 1 unspecified atom stereocenters. The highest BCUT2D eigenvalue weighted by Gasteiger charge is 2.24. The van der Waals surface area contributed by atoms with E-state index in [1.807, 2.05) is 43.8 Å². The summed E-state index contributed by atoms with van der Waals surface area (Å²) in [6, 6.07) is 7.71. The number of fused-ring (bicyclic) bond motifs is 1. The number of carbonyl (C=O) groups excluding carboxylic acids is 1. The highest BCUT2D eigenvalue weighted by molar-refractivity contribution is 5.93. The van der Waals surface area contributed by atoms with Gasteiger partial charge in [-0.15, -0.1) is 0 Å². The third kappa shape index (κ3) is 3.09. The lowest BCUT2D eigenvalue weighted by Crippen LogP contribution is -2.31. The topological polar surface area (TPSA) is 102 Å². The van der Waals surface area contributed by atoms with Crippen molar-refractivity contribution in [3.05, 3.63) is 52.5 Å². The molecule has 140 valence electrons. The second-order valence-electron chi connectivity index (χ2n) is 7.21. The molecule has 1 aliphatic rings. The highest BCUT2D eigenvalue weighted by Crippen LogP contribution is 2.31. The zero-order valence-corrected chi connectivity index (χ0v) is 15.8. The van der Waals surface area contributed by atoms with E-state index in [1.54, 1.807) is 6.07 Å². The molecule has 1 atom stereocenters. The first-order chi connectivity index (χ1) is 12.9. The van der Waals surface area contributed by atoms with Gasteiger partial charge in [-0.05, 0) is 62.4 Å². The van der Waals surface area contributed by atoms with E-state index >= 15 is 0 Å². The largest absolute Gasteiger partial charge is 0.399 e. The van der Waals surface area contributed by atoms with E-state index in [4.69, 9.17) is 5.73 Å². The summed E-state index contributed by atoms with van der Waals surface area (Å²) in [7, 11) is 1.90. The molecule has 0 saturated carbocycles. The first-order valence-electron chi connectivity index (χ1n) is 9.19. The van der Waals surface area contributed by atoms with Crippen molar-refractivity contribution in [2.75, 3.05) is 5.73 Å². The van der Waals surface area contributed by atoms with Crippen LogP contribution >= 0.6 is 0 Å². The highest BCUT2D eigenvalue weighted by atomic mass is 16.2. The predicted octanol–water partition coefficient (Wildman–Crippen LogP) is 2.82. The van der Waals surface area contributed by atoms with Crippen molar-refractivity contribution in [2.24, 2.45) is 7.05 Å². The molecule has 7 nitrogen and oxygen atoms in total. The summed E-state index contributed by atoms with van der Waals surface area (Å²) in [5, 5.41) is 14.8. The summed E-state index contributed by atoms with van der Waals surface area (Å²) in [6.07, 6.45) is 2.95. The third-order valence-electron chi connectivity index (χ3n) is 5.37. The quantitative estimate of drug-likeness (QED) is 0.622. The number of nitrogens with one attached hydrogen (secondary N) is 2. The van der Waals surface area contributed by atoms with Crippen LogP contribution in [0, 0.1) is 13.8 Å². The summed E-state index contributed by atoms with van der Waals surface area (Å²) in [5.74, 6) is -0.150. The van der Waals surface area contributed by atoms with E-state index in [9.17, 15) is 4.79 Å². The van der Waals surface area contributed by atoms with Gasteiger partial charge in [0.1, 0.15) is 5.69 Å². The van der Waals surface area contributed by atoms with E-state index in [1.165, 1.54) is 5.56 Å². The summed E-state index contributed by atoms with van der Waals surface area (Å²) in [5.41, 5.74) is 13.1. The monoisotopic (exact) mass is 364 g/mol. The van der Waals surface area contributed by atoms with Crippen molar-refractivity contribution < 1.29 is 4.79 Å². The van der Waals surface area contributed by atoms with Gasteiger partial charge in [0.2, 0.25) is 0 Å². The molecule has 0 fully saturated rings. The van der Waals surface area contributed by atoms with E-state index in [0.29, 0.717) is 5.69 Å². The van der Waals surface area contributed by atoms with Crippen LogP contribution in [-0.4, -0.2) is 25.9 Å². The number of nitrogens with two attached hydrogens (primary N) is 1. The average molecular weight is 364 g/mol. The summed E-state index contributed by atoms with van der Waals surface area (Å²) in [4.78, 5) is 12.8. The lowest BCUT2D eigenvalue weighted by Gasteiger charge is -2.26. The van der Waals surface area contributed by atoms with Crippen LogP contribution in [0.5, 0.6) is 0 Å². The number of hydrogen-bond donors (Lipinski definition) is 3. The molecule has 0 aliphatic heterocycles. The van der Waals surface area contributed by atoms with Gasteiger partial charge < -0.3 is 11.1 Å². The molecule has 1 aliphatic carbocycles. The molecule has 0 bridgehead atoms. The minimum Gasteiger partial charge on any atom is -0.399 e. The second kappa shape index (κ2) is 6.57. The minimum absolute atomic E-state index is 0.00420. The number of amides is 1. The van der Waals surface area contributed by atoms with Gasteiger partial charge in [0.05, 0.1) is 17.4 Å². The van der Waals surface area contributed by atoms with Gasteiger partial charge in [0, 0.05) is 24.0 Å². The Morgan fingerprint density at radius 1 is 1.33 bits per heavy atom. The molecule has 4 rings (SSSR count). The van der Waals surface area contributed by atoms with Crippen molar-refractivity contribution in [1.82, 2.24) is 25.3 Å². The van der Waals surface area contributed by atoms with Gasteiger partial charge in [-0.1, -0.05) is 6.07 Å². The fourth-order valence-electron chi connectivity index (χ4n) is 3.93. The minimum atomic E-state index is -0.150. The van der Waals surface area contributed by atoms with E-state index < -0.39 is 0 Å². The number of nitrogens with zero attached hydrogens (tertiary/aromatic N) is 3. The lowest BCUT2D eigenvalue weighted by molar-refractivity contribution is 0.0927. The standard InChI is InChI=1S/C20H24N6O/c1-11-19(12(2)26(3)25-11)17-10-18(24-23-17)20(27)22-16-6-4-5-13-9-14(21)7-8-15(13)16/h7-10,16H,4-6,21H2,1-3H3,(H,22,27)(H,23,24). The third-order valence-corrected chi connectivity index (χ3v) is 5.37. The van der Waals surface area contributed by atoms with E-state index in [2.05, 4.69) is 20.6 Å². The first kappa shape index (κ1) is 17.3. The number of hydrogen-bond acceptors (Lipinski definition) is 4. The summed E-state index contributed by atoms with van der Waals surface area (Å²) >= 11 is 0. The van der Waals surface area contributed by atoms with Crippen LogP contribution < -0.4 is 11.1 Å². The van der Waals surface area contributed by atoms with Gasteiger partial charge in [0.15, 0.2) is 0 Å². The molecule has 4 N–H and O–H groups in total. The molecule has 2 aromatic heterocycles. The molecule has 7 heteroatoms. The zero-order chi connectivity index (χ0) is 19.1. The maximum absolute atomic E-state index is 12.8. The number of aryl methyl sites for hydroxylation is 3. The molecule has 1 amide bonds. The molecule has 0 spiro atoms. The molecular formula is C20H24N6O. The molecule has 0 radical (unpaired) electrons. The number of carbonyl (C=O) groups is 1. The smallest absolute Gasteiger partial charge is 0.269 e. The van der Waals surface area contributed by atoms with Crippen molar-refractivity contribution in [2.45, 2.75) is 39.2 Å². The lowest BCUT2D eigenvalue weighted by atomic mass is 9.87. The Balaban J connectivity index is 1.56.